The molecule has 0 aromatic carbocycles. The predicted molar refractivity (Wildman–Crippen MR) is 122 cm³/mol. The summed E-state index contributed by atoms with van der Waals surface area (Å²) >= 11 is 0. The highest BCUT2D eigenvalue weighted by Gasteiger charge is 2.62. The zero-order chi connectivity index (χ0) is 23.2. The molecule has 4 amide bonds. The summed E-state index contributed by atoms with van der Waals surface area (Å²) in [6, 6.07) is 4.26. The number of carbonyl (C=O) groups is 3. The minimum Gasteiger partial charge on any atom is -0.352 e. The second-order valence-electron chi connectivity index (χ2n) is 9.28. The maximum Gasteiger partial charge on any atom is 0.330 e. The van der Waals surface area contributed by atoms with Gasteiger partial charge in [-0.25, -0.2) is 9.78 Å². The van der Waals surface area contributed by atoms with E-state index in [1.165, 1.54) is 9.30 Å². The summed E-state index contributed by atoms with van der Waals surface area (Å²) in [6.07, 6.45) is 7.47. The first-order valence-electron chi connectivity index (χ1n) is 11.9. The number of hydrogen-bond donors (Lipinski definition) is 1. The summed E-state index contributed by atoms with van der Waals surface area (Å²) in [5.41, 5.74) is -0.881. The number of carbonyl (C=O) groups excluding carboxylic acids is 3. The second-order valence-corrected chi connectivity index (χ2v) is 9.28. The number of hydrogen-bond acceptors (Lipinski definition) is 6. The summed E-state index contributed by atoms with van der Waals surface area (Å²) in [4.78, 5) is 61.6. The summed E-state index contributed by atoms with van der Waals surface area (Å²) in [6.45, 7) is 2.93. The second kappa shape index (κ2) is 8.28. The van der Waals surface area contributed by atoms with Gasteiger partial charge in [-0.3, -0.25) is 29.0 Å². The Labute approximate surface area is 191 Å². The van der Waals surface area contributed by atoms with Gasteiger partial charge in [0.05, 0.1) is 11.6 Å². The highest BCUT2D eigenvalue weighted by Crippen LogP contribution is 2.45. The number of aromatic nitrogens is 2. The van der Waals surface area contributed by atoms with E-state index in [0.717, 1.165) is 32.1 Å². The molecule has 5 heterocycles. The van der Waals surface area contributed by atoms with Gasteiger partial charge in [-0.2, -0.15) is 0 Å². The largest absolute Gasteiger partial charge is 0.352 e. The van der Waals surface area contributed by atoms with Crippen LogP contribution in [0.1, 0.15) is 57.4 Å². The number of barbiturate groups is 1. The van der Waals surface area contributed by atoms with Crippen LogP contribution in [0.15, 0.2) is 29.2 Å². The van der Waals surface area contributed by atoms with Gasteiger partial charge in [0.2, 0.25) is 11.8 Å². The van der Waals surface area contributed by atoms with Crippen molar-refractivity contribution in [3.8, 4) is 0 Å². The zero-order valence-corrected chi connectivity index (χ0v) is 18.9. The fourth-order valence-electron chi connectivity index (χ4n) is 5.66. The van der Waals surface area contributed by atoms with Crippen LogP contribution < -0.4 is 15.8 Å². The molecule has 33 heavy (non-hydrogen) atoms. The van der Waals surface area contributed by atoms with Gasteiger partial charge in [0, 0.05) is 25.7 Å². The Kier molecular flexibility index (Phi) is 5.42. The lowest BCUT2D eigenvalue weighted by atomic mass is 9.68. The molecule has 1 spiro atoms. The number of amides is 4. The molecule has 2 aromatic rings. The molecule has 1 N–H and O–H groups in total. The highest BCUT2D eigenvalue weighted by molar-refractivity contribution is 6.20. The molecular formula is C24H29N5O4. The van der Waals surface area contributed by atoms with E-state index >= 15 is 0 Å². The van der Waals surface area contributed by atoms with Crippen molar-refractivity contribution in [3.05, 3.63) is 40.3 Å². The molecule has 0 radical (unpaired) electrons. The first-order valence-corrected chi connectivity index (χ1v) is 11.9. The average molecular weight is 452 g/mol. The lowest BCUT2D eigenvalue weighted by Crippen LogP contribution is -2.72. The third-order valence-electron chi connectivity index (χ3n) is 7.34. The monoisotopic (exact) mass is 451 g/mol. The maximum absolute atomic E-state index is 14.0. The Morgan fingerprint density at radius 2 is 1.97 bits per heavy atom. The van der Waals surface area contributed by atoms with Crippen molar-refractivity contribution in [2.75, 3.05) is 18.0 Å². The normalized spacial score (nSPS) is 25.1. The number of nitrogens with one attached hydrogen (secondary N) is 1. The van der Waals surface area contributed by atoms with Crippen molar-refractivity contribution < 1.29 is 14.4 Å². The standard InChI is InChI=1S/C24H29N5O4/c1-2-3-7-14-29-22(32)24(21(31)26-23(29)33)15-16-19(27-12-8-4-5-10-17(24)27)25-18-11-6-9-13-28(18)20(16)30/h6,9,11,13,17H,2-5,7-8,10,12,14-15H2,1H3,(H,26,31,33)/t17-,24+/m1/s1. The fourth-order valence-corrected chi connectivity index (χ4v) is 5.66. The van der Waals surface area contributed by atoms with E-state index in [-0.39, 0.29) is 18.5 Å². The van der Waals surface area contributed by atoms with E-state index in [9.17, 15) is 19.2 Å². The first-order chi connectivity index (χ1) is 16.0. The molecule has 9 nitrogen and oxygen atoms in total. The van der Waals surface area contributed by atoms with Gasteiger partial charge in [-0.05, 0) is 31.4 Å². The SMILES string of the molecule is CCCCCN1C(=O)NC(=O)[C@@]2(Cc3c(nc4ccccn4c3=O)N3CCCCC[C@@H]32)C1=O. The Morgan fingerprint density at radius 3 is 2.79 bits per heavy atom. The predicted octanol–water partition coefficient (Wildman–Crippen LogP) is 2.25. The van der Waals surface area contributed by atoms with Crippen LogP contribution in [0.4, 0.5) is 10.6 Å². The molecule has 3 aliphatic rings. The quantitative estimate of drug-likeness (QED) is 0.565. The molecule has 0 aliphatic carbocycles. The first kappa shape index (κ1) is 21.6. The van der Waals surface area contributed by atoms with Crippen molar-refractivity contribution in [1.82, 2.24) is 19.6 Å². The summed E-state index contributed by atoms with van der Waals surface area (Å²) in [5.74, 6) is -0.504. The van der Waals surface area contributed by atoms with E-state index < -0.39 is 29.3 Å². The van der Waals surface area contributed by atoms with Crippen LogP contribution in [0.3, 0.4) is 0 Å². The van der Waals surface area contributed by atoms with Crippen molar-refractivity contribution in [1.29, 1.82) is 0 Å². The van der Waals surface area contributed by atoms with Crippen LogP contribution in [-0.2, 0) is 16.0 Å². The van der Waals surface area contributed by atoms with Gasteiger partial charge in [0.25, 0.3) is 5.56 Å². The topological polar surface area (TPSA) is 104 Å². The van der Waals surface area contributed by atoms with Gasteiger partial charge in [0.1, 0.15) is 11.5 Å². The highest BCUT2D eigenvalue weighted by atomic mass is 16.2. The van der Waals surface area contributed by atoms with Crippen molar-refractivity contribution in [2.24, 2.45) is 5.41 Å². The summed E-state index contributed by atoms with van der Waals surface area (Å²) < 4.78 is 1.46. The summed E-state index contributed by atoms with van der Waals surface area (Å²) in [5, 5.41) is 2.46. The number of anilines is 1. The fraction of sp³-hybridized carbons (Fsp3) is 0.542. The van der Waals surface area contributed by atoms with E-state index in [1.54, 1.807) is 18.3 Å². The maximum atomic E-state index is 14.0. The van der Waals surface area contributed by atoms with Crippen LogP contribution in [0.25, 0.3) is 5.65 Å². The van der Waals surface area contributed by atoms with Crippen molar-refractivity contribution in [2.45, 2.75) is 64.3 Å². The molecule has 9 heteroatoms. The molecule has 2 saturated heterocycles. The Bertz CT molecular complexity index is 1190. The number of urea groups is 1. The van der Waals surface area contributed by atoms with Crippen LogP contribution >= 0.6 is 0 Å². The Balaban J connectivity index is 1.68. The van der Waals surface area contributed by atoms with E-state index in [1.807, 2.05) is 11.0 Å². The Hall–Kier alpha value is -3.23. The summed E-state index contributed by atoms with van der Waals surface area (Å²) in [7, 11) is 0. The van der Waals surface area contributed by atoms with Crippen LogP contribution in [-0.4, -0.2) is 51.3 Å². The molecule has 2 aromatic heterocycles. The lowest BCUT2D eigenvalue weighted by Gasteiger charge is -2.50. The van der Waals surface area contributed by atoms with E-state index in [4.69, 9.17) is 4.98 Å². The van der Waals surface area contributed by atoms with Crippen LogP contribution in [0.5, 0.6) is 0 Å². The van der Waals surface area contributed by atoms with E-state index in [0.29, 0.717) is 36.4 Å². The zero-order valence-electron chi connectivity index (χ0n) is 18.9. The molecule has 3 aliphatic heterocycles. The van der Waals surface area contributed by atoms with Gasteiger partial charge < -0.3 is 4.90 Å². The van der Waals surface area contributed by atoms with Gasteiger partial charge in [-0.15, -0.1) is 0 Å². The molecular weight excluding hydrogens is 422 g/mol. The Morgan fingerprint density at radius 1 is 1.12 bits per heavy atom. The third kappa shape index (κ3) is 3.24. The molecule has 2 fully saturated rings. The number of imide groups is 2. The number of unbranched alkanes of at least 4 members (excludes halogenated alkanes) is 2. The molecule has 0 unspecified atom stereocenters. The average Bonchev–Trinajstić information content (AvgIpc) is 3.07. The molecule has 5 rings (SSSR count). The lowest BCUT2D eigenvalue weighted by molar-refractivity contribution is -0.153. The van der Waals surface area contributed by atoms with Crippen LogP contribution in [0.2, 0.25) is 0 Å². The minimum atomic E-state index is -1.51. The van der Waals surface area contributed by atoms with Crippen molar-refractivity contribution in [3.63, 3.8) is 0 Å². The molecule has 0 bridgehead atoms. The van der Waals surface area contributed by atoms with Gasteiger partial charge >= 0.3 is 6.03 Å². The molecule has 0 saturated carbocycles. The number of nitrogens with zero attached hydrogens (tertiary/aromatic N) is 4. The van der Waals surface area contributed by atoms with Gasteiger partial charge in [-0.1, -0.05) is 38.7 Å². The number of rotatable bonds is 4. The van der Waals surface area contributed by atoms with E-state index in [2.05, 4.69) is 12.2 Å². The number of fused-ring (bicyclic) bond motifs is 5. The minimum absolute atomic E-state index is 0.0462. The molecule has 2 atom stereocenters. The smallest absolute Gasteiger partial charge is 0.330 e. The van der Waals surface area contributed by atoms with Gasteiger partial charge in [0.15, 0.2) is 5.41 Å². The van der Waals surface area contributed by atoms with Crippen molar-refractivity contribution >= 4 is 29.3 Å². The number of pyridine rings is 1. The van der Waals surface area contributed by atoms with Crippen LogP contribution in [0, 0.1) is 5.41 Å². The third-order valence-corrected chi connectivity index (χ3v) is 7.34. The molecule has 174 valence electrons.